The van der Waals surface area contributed by atoms with Gasteiger partial charge in [0.05, 0.1) is 11.1 Å². The molecule has 3 aromatic rings. The van der Waals surface area contributed by atoms with E-state index in [1.165, 1.54) is 22.9 Å². The molecule has 0 aliphatic carbocycles. The van der Waals surface area contributed by atoms with Crippen LogP contribution >= 0.6 is 0 Å². The molecule has 2 aromatic carbocycles. The summed E-state index contributed by atoms with van der Waals surface area (Å²) in [7, 11) is 0. The van der Waals surface area contributed by atoms with Gasteiger partial charge < -0.3 is 10.2 Å². The molecule has 0 aliphatic rings. The van der Waals surface area contributed by atoms with Gasteiger partial charge in [0.15, 0.2) is 5.69 Å². The number of aryl methyl sites for hydroxylation is 1. The summed E-state index contributed by atoms with van der Waals surface area (Å²) in [6.07, 6.45) is 1.65. The third kappa shape index (κ3) is 4.26. The lowest BCUT2D eigenvalue weighted by molar-refractivity contribution is 0.0949. The number of hydrogen-bond acceptors (Lipinski definition) is 6. The number of amides is 1. The Morgan fingerprint density at radius 3 is 2.62 bits per heavy atom. The first-order chi connectivity index (χ1) is 13.9. The highest BCUT2D eigenvalue weighted by Crippen LogP contribution is 2.22. The monoisotopic (exact) mass is 394 g/mol. The smallest absolute Gasteiger partial charge is 0.292 e. The second-order valence-corrected chi connectivity index (χ2v) is 6.62. The summed E-state index contributed by atoms with van der Waals surface area (Å²) in [6.45, 7) is 4.01. The summed E-state index contributed by atoms with van der Waals surface area (Å²) < 4.78 is 1.30. The Bertz CT molecular complexity index is 1150. The third-order valence-electron chi connectivity index (χ3n) is 4.50. The van der Waals surface area contributed by atoms with Gasteiger partial charge in [-0.3, -0.25) is 9.59 Å². The zero-order valence-corrected chi connectivity index (χ0v) is 16.2. The Labute approximate surface area is 167 Å². The van der Waals surface area contributed by atoms with Gasteiger partial charge in [0.1, 0.15) is 11.5 Å². The number of hydrogen-bond donors (Lipinski definition) is 3. The largest absolute Gasteiger partial charge is 0.508 e. The number of hydrazone groups is 1. The highest BCUT2D eigenvalue weighted by atomic mass is 16.3. The average molecular weight is 394 g/mol. The number of aromatic nitrogens is 2. The quantitative estimate of drug-likeness (QED) is 0.338. The molecule has 0 fully saturated rings. The summed E-state index contributed by atoms with van der Waals surface area (Å²) in [6, 6.07) is 10.8. The number of carbonyl (C=O) groups excluding carboxylic acids is 1. The molecule has 1 heterocycles. The van der Waals surface area contributed by atoms with E-state index in [4.69, 9.17) is 0 Å². The van der Waals surface area contributed by atoms with Crippen LogP contribution in [0.15, 0.2) is 52.4 Å². The minimum absolute atomic E-state index is 0.0330. The third-order valence-corrected chi connectivity index (χ3v) is 4.50. The lowest BCUT2D eigenvalue weighted by Gasteiger charge is -2.10. The molecule has 3 rings (SSSR count). The van der Waals surface area contributed by atoms with Crippen molar-refractivity contribution in [1.82, 2.24) is 15.2 Å². The second kappa shape index (κ2) is 8.55. The summed E-state index contributed by atoms with van der Waals surface area (Å²) in [5.41, 5.74) is 2.86. The van der Waals surface area contributed by atoms with Gasteiger partial charge in [0.25, 0.3) is 11.5 Å². The molecule has 0 spiro atoms. The van der Waals surface area contributed by atoms with E-state index in [0.717, 1.165) is 12.8 Å². The predicted octanol–water partition coefficient (Wildman–Crippen LogP) is 2.76. The maximum absolute atomic E-state index is 12.8. The number of rotatable bonds is 6. The molecule has 0 unspecified atom stereocenters. The van der Waals surface area contributed by atoms with Gasteiger partial charge in [0.2, 0.25) is 0 Å². The summed E-state index contributed by atoms with van der Waals surface area (Å²) in [4.78, 5) is 25.4. The fourth-order valence-corrected chi connectivity index (χ4v) is 2.92. The molecule has 8 nitrogen and oxygen atoms in total. The van der Waals surface area contributed by atoms with Gasteiger partial charge in [-0.15, -0.1) is 0 Å². The van der Waals surface area contributed by atoms with Gasteiger partial charge in [-0.1, -0.05) is 31.5 Å². The zero-order valence-electron chi connectivity index (χ0n) is 16.2. The molecule has 0 radical (unpaired) electrons. The standard InChI is InChI=1S/C21H22N4O4/c1-3-4-11-25-21(29)16-8-6-5-7-15(16)19(24-25)20(28)23-22-13(2)17-12-14(26)9-10-18(17)27/h5-10,12,26-27H,3-4,11H2,1-2H3,(H,23,28)/b22-13+. The molecule has 1 amide bonds. The van der Waals surface area contributed by atoms with Crippen LogP contribution in [0.3, 0.4) is 0 Å². The van der Waals surface area contributed by atoms with Crippen molar-refractivity contribution in [3.8, 4) is 11.5 Å². The van der Waals surface area contributed by atoms with Crippen molar-refractivity contribution in [3.05, 3.63) is 64.1 Å². The Kier molecular flexibility index (Phi) is 5.92. The molecule has 0 saturated carbocycles. The van der Waals surface area contributed by atoms with Crippen molar-refractivity contribution in [2.24, 2.45) is 5.10 Å². The number of phenols is 2. The first kappa shape index (κ1) is 20.1. The van der Waals surface area contributed by atoms with E-state index in [1.54, 1.807) is 31.2 Å². The zero-order chi connectivity index (χ0) is 21.0. The molecule has 0 atom stereocenters. The molecule has 0 bridgehead atoms. The predicted molar refractivity (Wildman–Crippen MR) is 110 cm³/mol. The Morgan fingerprint density at radius 2 is 1.90 bits per heavy atom. The van der Waals surface area contributed by atoms with Gasteiger partial charge in [-0.2, -0.15) is 10.2 Å². The van der Waals surface area contributed by atoms with E-state index in [-0.39, 0.29) is 28.3 Å². The minimum Gasteiger partial charge on any atom is -0.508 e. The number of nitrogens with one attached hydrogen (secondary N) is 1. The summed E-state index contributed by atoms with van der Waals surface area (Å²) in [5.74, 6) is -0.685. The van der Waals surface area contributed by atoms with E-state index >= 15 is 0 Å². The van der Waals surface area contributed by atoms with E-state index in [2.05, 4.69) is 15.6 Å². The van der Waals surface area contributed by atoms with Crippen LogP contribution in [0, 0.1) is 0 Å². The molecular weight excluding hydrogens is 372 g/mol. The van der Waals surface area contributed by atoms with Gasteiger partial charge in [0, 0.05) is 17.5 Å². The number of benzene rings is 2. The van der Waals surface area contributed by atoms with Crippen LogP contribution in [0.5, 0.6) is 11.5 Å². The van der Waals surface area contributed by atoms with Gasteiger partial charge in [-0.05, 0) is 37.6 Å². The summed E-state index contributed by atoms with van der Waals surface area (Å²) >= 11 is 0. The lowest BCUT2D eigenvalue weighted by atomic mass is 10.1. The molecule has 29 heavy (non-hydrogen) atoms. The van der Waals surface area contributed by atoms with Crippen LogP contribution in [0.1, 0.15) is 42.7 Å². The van der Waals surface area contributed by atoms with E-state index in [1.807, 2.05) is 6.92 Å². The highest BCUT2D eigenvalue weighted by Gasteiger charge is 2.16. The SMILES string of the molecule is CCCCn1nc(C(=O)N/N=C(\C)c2cc(O)ccc2O)c2ccccc2c1=O. The molecule has 0 aliphatic heterocycles. The molecule has 150 valence electrons. The molecule has 1 aromatic heterocycles. The highest BCUT2D eigenvalue weighted by molar-refractivity contribution is 6.06. The van der Waals surface area contributed by atoms with Crippen LogP contribution in [-0.4, -0.2) is 31.6 Å². The van der Waals surface area contributed by atoms with E-state index in [9.17, 15) is 19.8 Å². The number of carbonyl (C=O) groups is 1. The van der Waals surface area contributed by atoms with Crippen molar-refractivity contribution in [3.63, 3.8) is 0 Å². The van der Waals surface area contributed by atoms with Crippen LogP contribution in [0.25, 0.3) is 10.8 Å². The number of unbranched alkanes of at least 4 members (excludes halogenated alkanes) is 1. The van der Waals surface area contributed by atoms with Crippen LogP contribution in [0.2, 0.25) is 0 Å². The van der Waals surface area contributed by atoms with Crippen molar-refractivity contribution < 1.29 is 15.0 Å². The Hall–Kier alpha value is -3.68. The Balaban J connectivity index is 1.97. The number of nitrogens with zero attached hydrogens (tertiary/aromatic N) is 3. The van der Waals surface area contributed by atoms with Crippen molar-refractivity contribution in [2.75, 3.05) is 0 Å². The van der Waals surface area contributed by atoms with Crippen LogP contribution in [-0.2, 0) is 6.54 Å². The average Bonchev–Trinajstić information content (AvgIpc) is 2.73. The van der Waals surface area contributed by atoms with Crippen molar-refractivity contribution >= 4 is 22.4 Å². The van der Waals surface area contributed by atoms with E-state index < -0.39 is 5.91 Å². The van der Waals surface area contributed by atoms with Gasteiger partial charge >= 0.3 is 0 Å². The molecular formula is C21H22N4O4. The minimum atomic E-state index is -0.578. The normalized spacial score (nSPS) is 11.6. The van der Waals surface area contributed by atoms with Gasteiger partial charge in [-0.25, -0.2) is 10.1 Å². The molecule has 0 saturated heterocycles. The maximum atomic E-state index is 12.8. The van der Waals surface area contributed by atoms with Crippen molar-refractivity contribution in [2.45, 2.75) is 33.2 Å². The van der Waals surface area contributed by atoms with Crippen LogP contribution in [0.4, 0.5) is 0 Å². The fraction of sp³-hybridized carbons (Fsp3) is 0.238. The number of phenolic OH excluding ortho intramolecular Hbond substituents is 2. The number of fused-ring (bicyclic) bond motifs is 1. The first-order valence-electron chi connectivity index (χ1n) is 9.29. The molecule has 3 N–H and O–H groups in total. The summed E-state index contributed by atoms with van der Waals surface area (Å²) in [5, 5.41) is 28.6. The topological polar surface area (TPSA) is 117 Å². The van der Waals surface area contributed by atoms with Crippen LogP contribution < -0.4 is 11.0 Å². The van der Waals surface area contributed by atoms with E-state index in [0.29, 0.717) is 23.0 Å². The number of aromatic hydroxyl groups is 2. The molecule has 8 heteroatoms. The first-order valence-corrected chi connectivity index (χ1v) is 9.29. The fourth-order valence-electron chi connectivity index (χ4n) is 2.92. The second-order valence-electron chi connectivity index (χ2n) is 6.62. The van der Waals surface area contributed by atoms with Crippen molar-refractivity contribution in [1.29, 1.82) is 0 Å². The lowest BCUT2D eigenvalue weighted by Crippen LogP contribution is -2.29. The maximum Gasteiger partial charge on any atom is 0.292 e. The Morgan fingerprint density at radius 1 is 1.17 bits per heavy atom.